The van der Waals surface area contributed by atoms with Gasteiger partial charge in [-0.15, -0.1) is 22.0 Å². The van der Waals surface area contributed by atoms with Crippen molar-refractivity contribution in [3.63, 3.8) is 0 Å². The minimum Gasteiger partial charge on any atom is -0.336 e. The Morgan fingerprint density at radius 2 is 1.90 bits per heavy atom. The minimum atomic E-state index is -0.178. The first kappa shape index (κ1) is 14.8. The number of amides is 1. The first-order chi connectivity index (χ1) is 9.60. The summed E-state index contributed by atoms with van der Waals surface area (Å²) in [5.74, 6) is -0.178. The van der Waals surface area contributed by atoms with E-state index in [1.807, 2.05) is 30.5 Å². The SMILES string of the molecule is CSc1ccc(CN(C)C(=O)c2ccc(Cl)nn2)cc1. The van der Waals surface area contributed by atoms with Crippen LogP contribution in [0.3, 0.4) is 0 Å². The smallest absolute Gasteiger partial charge is 0.274 e. The summed E-state index contributed by atoms with van der Waals surface area (Å²) >= 11 is 7.34. The Kier molecular flexibility index (Phi) is 4.98. The van der Waals surface area contributed by atoms with E-state index in [4.69, 9.17) is 11.6 Å². The lowest BCUT2D eigenvalue weighted by Crippen LogP contribution is -2.27. The van der Waals surface area contributed by atoms with Crippen molar-refractivity contribution in [2.75, 3.05) is 13.3 Å². The van der Waals surface area contributed by atoms with Gasteiger partial charge in [0.15, 0.2) is 10.8 Å². The highest BCUT2D eigenvalue weighted by Gasteiger charge is 2.14. The number of hydrogen-bond acceptors (Lipinski definition) is 4. The summed E-state index contributed by atoms with van der Waals surface area (Å²) in [6.07, 6.45) is 2.03. The minimum absolute atomic E-state index is 0.178. The molecule has 6 heteroatoms. The predicted molar refractivity (Wildman–Crippen MR) is 81.1 cm³/mol. The number of carbonyl (C=O) groups is 1. The van der Waals surface area contributed by atoms with Gasteiger partial charge in [0.05, 0.1) is 0 Å². The lowest BCUT2D eigenvalue weighted by molar-refractivity contribution is 0.0778. The van der Waals surface area contributed by atoms with Gasteiger partial charge >= 0.3 is 0 Å². The monoisotopic (exact) mass is 307 g/mol. The summed E-state index contributed by atoms with van der Waals surface area (Å²) < 4.78 is 0. The van der Waals surface area contributed by atoms with E-state index < -0.39 is 0 Å². The van der Waals surface area contributed by atoms with Gasteiger partial charge < -0.3 is 4.90 Å². The highest BCUT2D eigenvalue weighted by Crippen LogP contribution is 2.16. The highest BCUT2D eigenvalue weighted by atomic mass is 35.5. The van der Waals surface area contributed by atoms with E-state index in [1.165, 1.54) is 4.90 Å². The molecule has 0 aliphatic carbocycles. The summed E-state index contributed by atoms with van der Waals surface area (Å²) in [6, 6.07) is 11.3. The van der Waals surface area contributed by atoms with E-state index >= 15 is 0 Å². The summed E-state index contributed by atoms with van der Waals surface area (Å²) in [7, 11) is 1.74. The van der Waals surface area contributed by atoms with Gasteiger partial charge in [-0.05, 0) is 36.1 Å². The molecule has 0 radical (unpaired) electrons. The molecule has 0 fully saturated rings. The van der Waals surface area contributed by atoms with Crippen molar-refractivity contribution < 1.29 is 4.79 Å². The maximum absolute atomic E-state index is 12.2. The van der Waals surface area contributed by atoms with Crippen molar-refractivity contribution in [2.45, 2.75) is 11.4 Å². The lowest BCUT2D eigenvalue weighted by atomic mass is 10.2. The molecule has 20 heavy (non-hydrogen) atoms. The van der Waals surface area contributed by atoms with Gasteiger partial charge in [-0.3, -0.25) is 4.79 Å². The van der Waals surface area contributed by atoms with Crippen molar-refractivity contribution in [1.82, 2.24) is 15.1 Å². The topological polar surface area (TPSA) is 46.1 Å². The van der Waals surface area contributed by atoms with E-state index in [1.54, 1.807) is 35.8 Å². The average Bonchev–Trinajstić information content (AvgIpc) is 2.48. The van der Waals surface area contributed by atoms with Gasteiger partial charge in [0, 0.05) is 18.5 Å². The fourth-order valence-electron chi connectivity index (χ4n) is 1.70. The lowest BCUT2D eigenvalue weighted by Gasteiger charge is -2.16. The molecule has 0 atom stereocenters. The zero-order chi connectivity index (χ0) is 14.5. The van der Waals surface area contributed by atoms with Gasteiger partial charge in [-0.1, -0.05) is 23.7 Å². The largest absolute Gasteiger partial charge is 0.336 e. The van der Waals surface area contributed by atoms with Gasteiger partial charge in [0.25, 0.3) is 5.91 Å². The standard InChI is InChI=1S/C14H14ClN3OS/c1-18(9-10-3-5-11(20-2)6-4-10)14(19)12-7-8-13(15)17-16-12/h3-8H,9H2,1-2H3. The molecule has 0 aliphatic rings. The van der Waals surface area contributed by atoms with Gasteiger partial charge in [-0.2, -0.15) is 0 Å². The third-order valence-electron chi connectivity index (χ3n) is 2.78. The Morgan fingerprint density at radius 1 is 1.20 bits per heavy atom. The number of thioether (sulfide) groups is 1. The molecule has 1 aromatic carbocycles. The molecule has 0 bridgehead atoms. The van der Waals surface area contributed by atoms with Crippen LogP contribution in [-0.2, 0) is 6.54 Å². The average molecular weight is 308 g/mol. The van der Waals surface area contributed by atoms with Crippen LogP contribution in [0.15, 0.2) is 41.3 Å². The summed E-state index contributed by atoms with van der Waals surface area (Å²) in [5, 5.41) is 7.74. The Morgan fingerprint density at radius 3 is 2.45 bits per heavy atom. The second kappa shape index (κ2) is 6.72. The Hall–Kier alpha value is -1.59. The van der Waals surface area contributed by atoms with Gasteiger partial charge in [-0.25, -0.2) is 0 Å². The number of carbonyl (C=O) groups excluding carboxylic acids is 1. The van der Waals surface area contributed by atoms with Crippen LogP contribution in [0.5, 0.6) is 0 Å². The Balaban J connectivity index is 2.04. The zero-order valence-electron chi connectivity index (χ0n) is 11.2. The maximum Gasteiger partial charge on any atom is 0.274 e. The molecular formula is C14H14ClN3OS. The van der Waals surface area contributed by atoms with Crippen LogP contribution in [0.2, 0.25) is 5.15 Å². The van der Waals surface area contributed by atoms with Crippen LogP contribution in [0.25, 0.3) is 0 Å². The van der Waals surface area contributed by atoms with Crippen LogP contribution in [-0.4, -0.2) is 34.3 Å². The molecule has 1 heterocycles. The van der Waals surface area contributed by atoms with Crippen molar-refractivity contribution in [3.05, 3.63) is 52.8 Å². The van der Waals surface area contributed by atoms with Gasteiger partial charge in [0.1, 0.15) is 0 Å². The molecule has 0 saturated heterocycles. The van der Waals surface area contributed by atoms with E-state index in [2.05, 4.69) is 10.2 Å². The third kappa shape index (κ3) is 3.71. The fraction of sp³-hybridized carbons (Fsp3) is 0.214. The molecule has 1 aromatic heterocycles. The number of hydrogen-bond donors (Lipinski definition) is 0. The Labute approximate surface area is 127 Å². The predicted octanol–water partition coefficient (Wildman–Crippen LogP) is 3.12. The molecule has 0 saturated carbocycles. The van der Waals surface area contributed by atoms with Crippen LogP contribution >= 0.6 is 23.4 Å². The first-order valence-corrected chi connectivity index (χ1v) is 7.58. The van der Waals surface area contributed by atoms with Crippen LogP contribution < -0.4 is 0 Å². The van der Waals surface area contributed by atoms with Crippen molar-refractivity contribution in [1.29, 1.82) is 0 Å². The highest BCUT2D eigenvalue weighted by molar-refractivity contribution is 7.98. The molecule has 2 rings (SSSR count). The molecular weight excluding hydrogens is 294 g/mol. The quantitative estimate of drug-likeness (QED) is 0.814. The third-order valence-corrected chi connectivity index (χ3v) is 3.72. The van der Waals surface area contributed by atoms with Crippen LogP contribution in [0, 0.1) is 0 Å². The van der Waals surface area contributed by atoms with Crippen molar-refractivity contribution >= 4 is 29.3 Å². The van der Waals surface area contributed by atoms with Gasteiger partial charge in [0.2, 0.25) is 0 Å². The number of halogens is 1. The van der Waals surface area contributed by atoms with Crippen molar-refractivity contribution in [3.8, 4) is 0 Å². The second-order valence-electron chi connectivity index (χ2n) is 4.25. The number of aromatic nitrogens is 2. The molecule has 2 aromatic rings. The van der Waals surface area contributed by atoms with Crippen LogP contribution in [0.1, 0.15) is 16.1 Å². The fourth-order valence-corrected chi connectivity index (χ4v) is 2.21. The molecule has 0 N–H and O–H groups in total. The van der Waals surface area contributed by atoms with E-state index in [9.17, 15) is 4.79 Å². The van der Waals surface area contributed by atoms with Crippen molar-refractivity contribution in [2.24, 2.45) is 0 Å². The molecule has 0 aliphatic heterocycles. The molecule has 4 nitrogen and oxygen atoms in total. The maximum atomic E-state index is 12.2. The number of nitrogens with zero attached hydrogens (tertiary/aromatic N) is 3. The summed E-state index contributed by atoms with van der Waals surface area (Å²) in [4.78, 5) is 15.0. The number of benzene rings is 1. The number of rotatable bonds is 4. The molecule has 1 amide bonds. The Bertz CT molecular complexity index is 586. The molecule has 0 spiro atoms. The summed E-state index contributed by atoms with van der Waals surface area (Å²) in [6.45, 7) is 0.526. The van der Waals surface area contributed by atoms with E-state index in [-0.39, 0.29) is 16.8 Å². The first-order valence-electron chi connectivity index (χ1n) is 5.98. The van der Waals surface area contributed by atoms with Crippen LogP contribution in [0.4, 0.5) is 0 Å². The normalized spacial score (nSPS) is 10.3. The second-order valence-corrected chi connectivity index (χ2v) is 5.52. The van der Waals surface area contributed by atoms with E-state index in [0.717, 1.165) is 5.56 Å². The van der Waals surface area contributed by atoms with E-state index in [0.29, 0.717) is 6.54 Å². The zero-order valence-corrected chi connectivity index (χ0v) is 12.8. The molecule has 104 valence electrons. The summed E-state index contributed by atoms with van der Waals surface area (Å²) in [5.41, 5.74) is 1.36. The molecule has 0 unspecified atom stereocenters.